The molecule has 0 saturated heterocycles. The topological polar surface area (TPSA) is 57.7 Å². The van der Waals surface area contributed by atoms with E-state index in [-0.39, 0.29) is 12.5 Å². The largest absolute Gasteiger partial charge is 0.348 e. The van der Waals surface area contributed by atoms with Gasteiger partial charge in [-0.25, -0.2) is 8.42 Å². The first-order valence-corrected chi connectivity index (χ1v) is 8.60. The highest BCUT2D eigenvalue weighted by atomic mass is 32.2. The second-order valence-electron chi connectivity index (χ2n) is 6.00. The summed E-state index contributed by atoms with van der Waals surface area (Å²) in [4.78, 5) is 13.5. The van der Waals surface area contributed by atoms with Gasteiger partial charge in [0.2, 0.25) is 15.9 Å². The summed E-state index contributed by atoms with van der Waals surface area (Å²) < 4.78 is 26.9. The summed E-state index contributed by atoms with van der Waals surface area (Å²) in [6.07, 6.45) is 0. The molecule has 0 aliphatic carbocycles. The Hall–Kier alpha value is -1.40. The molecule has 1 rings (SSSR count). The number of hydrogen-bond donors (Lipinski definition) is 0. The number of nitrogens with zero attached hydrogens (tertiary/aromatic N) is 2. The summed E-state index contributed by atoms with van der Waals surface area (Å²) >= 11 is 0. The fourth-order valence-corrected chi connectivity index (χ4v) is 4.10. The summed E-state index contributed by atoms with van der Waals surface area (Å²) in [5.74, 6) is -0.248. The molecule has 124 valence electrons. The van der Waals surface area contributed by atoms with Crippen molar-refractivity contribution in [2.75, 3.05) is 27.7 Å². The van der Waals surface area contributed by atoms with Crippen LogP contribution in [0.1, 0.15) is 27.8 Å². The van der Waals surface area contributed by atoms with Crippen LogP contribution in [0.25, 0.3) is 0 Å². The lowest BCUT2D eigenvalue weighted by Crippen LogP contribution is -2.38. The molecule has 0 fully saturated rings. The zero-order valence-electron chi connectivity index (χ0n) is 14.7. The zero-order valence-corrected chi connectivity index (χ0v) is 15.6. The lowest BCUT2D eigenvalue weighted by atomic mass is 9.95. The van der Waals surface area contributed by atoms with Crippen molar-refractivity contribution >= 4 is 15.9 Å². The lowest BCUT2D eigenvalue weighted by molar-refractivity contribution is -0.128. The molecule has 0 radical (unpaired) electrons. The Bertz CT molecular complexity index is 678. The third-order valence-corrected chi connectivity index (χ3v) is 6.53. The summed E-state index contributed by atoms with van der Waals surface area (Å²) in [7, 11) is 0.961. The predicted molar refractivity (Wildman–Crippen MR) is 88.6 cm³/mol. The highest BCUT2D eigenvalue weighted by Crippen LogP contribution is 2.31. The van der Waals surface area contributed by atoms with Crippen LogP contribution in [0, 0.1) is 34.6 Å². The van der Waals surface area contributed by atoms with E-state index in [1.54, 1.807) is 14.1 Å². The zero-order chi connectivity index (χ0) is 17.4. The summed E-state index contributed by atoms with van der Waals surface area (Å²) in [6.45, 7) is 9.34. The molecule has 0 saturated carbocycles. The van der Waals surface area contributed by atoms with Crippen molar-refractivity contribution in [3.63, 3.8) is 0 Å². The van der Waals surface area contributed by atoms with Gasteiger partial charge >= 0.3 is 0 Å². The highest BCUT2D eigenvalue weighted by molar-refractivity contribution is 7.89. The smallest absolute Gasteiger partial charge is 0.243 e. The van der Waals surface area contributed by atoms with E-state index < -0.39 is 10.0 Å². The van der Waals surface area contributed by atoms with Gasteiger partial charge in [0.15, 0.2) is 0 Å². The minimum atomic E-state index is -3.70. The Kier molecular flexibility index (Phi) is 5.41. The third-order valence-electron chi connectivity index (χ3n) is 4.46. The average Bonchev–Trinajstić information content (AvgIpc) is 2.42. The number of sulfonamides is 1. The number of likely N-dealkylation sites (N-methyl/N-ethyl adjacent to an activating group) is 2. The molecular formula is C16H26N2O3S. The van der Waals surface area contributed by atoms with Gasteiger partial charge in [-0.1, -0.05) is 0 Å². The SMILES string of the molecule is Cc1c(C)c(C)c(S(=O)(=O)N(C)CC(=O)N(C)C)c(C)c1C. The van der Waals surface area contributed by atoms with Crippen LogP contribution in [0.15, 0.2) is 4.90 Å². The van der Waals surface area contributed by atoms with Gasteiger partial charge in [0, 0.05) is 21.1 Å². The van der Waals surface area contributed by atoms with Crippen molar-refractivity contribution in [2.45, 2.75) is 39.5 Å². The van der Waals surface area contributed by atoms with Crippen molar-refractivity contribution in [1.29, 1.82) is 0 Å². The van der Waals surface area contributed by atoms with E-state index in [1.165, 1.54) is 11.9 Å². The molecule has 0 spiro atoms. The molecule has 1 amide bonds. The molecule has 1 aromatic carbocycles. The third kappa shape index (κ3) is 3.17. The molecule has 1 aromatic rings. The molecule has 0 bridgehead atoms. The molecule has 0 atom stereocenters. The van der Waals surface area contributed by atoms with Crippen LogP contribution in [0.3, 0.4) is 0 Å². The monoisotopic (exact) mass is 326 g/mol. The van der Waals surface area contributed by atoms with Crippen LogP contribution in [0.4, 0.5) is 0 Å². The molecule has 22 heavy (non-hydrogen) atoms. The van der Waals surface area contributed by atoms with Gasteiger partial charge in [-0.3, -0.25) is 4.79 Å². The number of hydrogen-bond acceptors (Lipinski definition) is 3. The number of carbonyl (C=O) groups is 1. The van der Waals surface area contributed by atoms with E-state index in [0.29, 0.717) is 4.90 Å². The Morgan fingerprint density at radius 2 is 1.18 bits per heavy atom. The fourth-order valence-electron chi connectivity index (χ4n) is 2.43. The molecule has 0 aliphatic rings. The summed E-state index contributed by atoms with van der Waals surface area (Å²) in [5.41, 5.74) is 4.58. The number of rotatable bonds is 4. The van der Waals surface area contributed by atoms with Crippen molar-refractivity contribution in [3.8, 4) is 0 Å². The minimum Gasteiger partial charge on any atom is -0.348 e. The van der Waals surface area contributed by atoms with Crippen LogP contribution in [-0.4, -0.2) is 51.2 Å². The van der Waals surface area contributed by atoms with Crippen molar-refractivity contribution in [1.82, 2.24) is 9.21 Å². The Morgan fingerprint density at radius 3 is 1.55 bits per heavy atom. The maximum atomic E-state index is 12.9. The van der Waals surface area contributed by atoms with E-state index >= 15 is 0 Å². The van der Waals surface area contributed by atoms with Gasteiger partial charge in [-0.15, -0.1) is 0 Å². The Balaban J connectivity index is 3.45. The molecule has 0 aliphatic heterocycles. The molecule has 0 unspecified atom stereocenters. The van der Waals surface area contributed by atoms with Gasteiger partial charge in [-0.2, -0.15) is 4.31 Å². The van der Waals surface area contributed by atoms with Crippen LogP contribution < -0.4 is 0 Å². The Labute approximate surface area is 134 Å². The van der Waals surface area contributed by atoms with E-state index in [9.17, 15) is 13.2 Å². The van der Waals surface area contributed by atoms with Crippen LogP contribution in [0.5, 0.6) is 0 Å². The first-order chi connectivity index (χ1) is 9.92. The van der Waals surface area contributed by atoms with Crippen LogP contribution in [0.2, 0.25) is 0 Å². The van der Waals surface area contributed by atoms with Crippen LogP contribution >= 0.6 is 0 Å². The Morgan fingerprint density at radius 1 is 0.818 bits per heavy atom. The normalized spacial score (nSPS) is 11.9. The molecule has 0 aromatic heterocycles. The van der Waals surface area contributed by atoms with Gasteiger partial charge in [0.1, 0.15) is 0 Å². The standard InChI is InChI=1S/C16H26N2O3S/c1-10-11(2)13(4)16(14(5)12(10)3)22(20,21)18(8)9-15(19)17(6)7/h9H2,1-8H3. The summed E-state index contributed by atoms with van der Waals surface area (Å²) in [5, 5.41) is 0. The number of benzene rings is 1. The van der Waals surface area contributed by atoms with Crippen LogP contribution in [-0.2, 0) is 14.8 Å². The summed E-state index contributed by atoms with van der Waals surface area (Å²) in [6, 6.07) is 0. The van der Waals surface area contributed by atoms with Gasteiger partial charge in [0.25, 0.3) is 0 Å². The minimum absolute atomic E-state index is 0.166. The number of carbonyl (C=O) groups excluding carboxylic acids is 1. The second-order valence-corrected chi connectivity index (χ2v) is 7.99. The molecule has 5 nitrogen and oxygen atoms in total. The second kappa shape index (κ2) is 6.38. The predicted octanol–water partition coefficient (Wildman–Crippen LogP) is 1.94. The quantitative estimate of drug-likeness (QED) is 0.849. The van der Waals surface area contributed by atoms with Gasteiger partial charge in [-0.05, 0) is 62.4 Å². The number of amides is 1. The van der Waals surface area contributed by atoms with E-state index in [2.05, 4.69) is 0 Å². The van der Waals surface area contributed by atoms with Crippen molar-refractivity contribution in [3.05, 3.63) is 27.8 Å². The van der Waals surface area contributed by atoms with E-state index in [0.717, 1.165) is 32.1 Å². The average molecular weight is 326 g/mol. The maximum absolute atomic E-state index is 12.9. The van der Waals surface area contributed by atoms with E-state index in [4.69, 9.17) is 0 Å². The maximum Gasteiger partial charge on any atom is 0.243 e. The van der Waals surface area contributed by atoms with Gasteiger partial charge < -0.3 is 4.90 Å². The van der Waals surface area contributed by atoms with Crippen molar-refractivity contribution < 1.29 is 13.2 Å². The molecule has 6 heteroatoms. The fraction of sp³-hybridized carbons (Fsp3) is 0.562. The first kappa shape index (κ1) is 18.6. The van der Waals surface area contributed by atoms with Crippen molar-refractivity contribution in [2.24, 2.45) is 0 Å². The first-order valence-electron chi connectivity index (χ1n) is 7.16. The van der Waals surface area contributed by atoms with E-state index in [1.807, 2.05) is 34.6 Å². The lowest BCUT2D eigenvalue weighted by Gasteiger charge is -2.24. The highest BCUT2D eigenvalue weighted by Gasteiger charge is 2.29. The molecule has 0 N–H and O–H groups in total. The molecule has 0 heterocycles. The molecular weight excluding hydrogens is 300 g/mol. The van der Waals surface area contributed by atoms with Gasteiger partial charge in [0.05, 0.1) is 11.4 Å².